The number of piperazine rings is 1. The second-order valence-corrected chi connectivity index (χ2v) is 8.57. The lowest BCUT2D eigenvalue weighted by molar-refractivity contribution is -0.126. The molecule has 0 spiro atoms. The summed E-state index contributed by atoms with van der Waals surface area (Å²) in [7, 11) is 0. The second kappa shape index (κ2) is 10.4. The largest absolute Gasteiger partial charge is 0.462 e. The third kappa shape index (κ3) is 5.46. The molecule has 3 heterocycles. The van der Waals surface area contributed by atoms with E-state index in [0.29, 0.717) is 43.9 Å². The first-order valence-corrected chi connectivity index (χ1v) is 11.6. The van der Waals surface area contributed by atoms with Crippen LogP contribution in [-0.4, -0.2) is 54.5 Å². The Morgan fingerprint density at radius 1 is 1.09 bits per heavy atom. The summed E-state index contributed by atoms with van der Waals surface area (Å²) in [5, 5.41) is 0. The molecule has 1 aliphatic rings. The highest BCUT2D eigenvalue weighted by atomic mass is 32.1. The number of hydrogen-bond acceptors (Lipinski definition) is 6. The molecule has 3 aromatic rings. The number of benzene rings is 1. The average Bonchev–Trinajstić information content (AvgIpc) is 3.32. The van der Waals surface area contributed by atoms with Gasteiger partial charge < -0.3 is 14.5 Å². The van der Waals surface area contributed by atoms with Gasteiger partial charge in [-0.15, -0.1) is 11.3 Å². The number of carbonyl (C=O) groups excluding carboxylic acids is 2. The number of hydrogen-bond donors (Lipinski definition) is 0. The summed E-state index contributed by atoms with van der Waals surface area (Å²) < 4.78 is 19.0. The number of rotatable bonds is 6. The van der Waals surface area contributed by atoms with E-state index in [9.17, 15) is 14.0 Å². The standard InChI is InChI=1S/C25H24FN3O3S/c1-2-32-25(31)18-7-11-23(27-17-18)28-13-15-29(16-14-28)24(30)12-9-19-8-10-22(33-19)20-5-3-4-6-21(20)26/h3-12,17H,2,13-16H2,1H3/b12-9+. The molecule has 0 N–H and O–H groups in total. The van der Waals surface area contributed by atoms with Crippen molar-refractivity contribution in [1.82, 2.24) is 9.88 Å². The van der Waals surface area contributed by atoms with Gasteiger partial charge in [0.15, 0.2) is 0 Å². The smallest absolute Gasteiger partial charge is 0.339 e. The highest BCUT2D eigenvalue weighted by molar-refractivity contribution is 7.16. The number of carbonyl (C=O) groups is 2. The molecule has 170 valence electrons. The summed E-state index contributed by atoms with van der Waals surface area (Å²) in [6.07, 6.45) is 4.86. The number of thiophene rings is 1. The Kier molecular flexibility index (Phi) is 7.14. The van der Waals surface area contributed by atoms with Crippen molar-refractivity contribution in [3.63, 3.8) is 0 Å². The molecule has 0 saturated carbocycles. The number of halogens is 1. The van der Waals surface area contributed by atoms with E-state index in [1.54, 1.807) is 54.3 Å². The van der Waals surface area contributed by atoms with Gasteiger partial charge in [-0.1, -0.05) is 18.2 Å². The lowest BCUT2D eigenvalue weighted by atomic mass is 10.2. The normalized spacial score (nSPS) is 14.0. The third-order valence-corrected chi connectivity index (χ3v) is 6.41. The van der Waals surface area contributed by atoms with Crippen LogP contribution in [0.3, 0.4) is 0 Å². The van der Waals surface area contributed by atoms with Crippen LogP contribution < -0.4 is 4.90 Å². The SMILES string of the molecule is CCOC(=O)c1ccc(N2CCN(C(=O)/C=C/c3ccc(-c4ccccc4F)s3)CC2)nc1. The molecule has 1 saturated heterocycles. The number of pyridine rings is 1. The van der Waals surface area contributed by atoms with Gasteiger partial charge in [-0.3, -0.25) is 4.79 Å². The van der Waals surface area contributed by atoms with E-state index in [1.165, 1.54) is 23.6 Å². The highest BCUT2D eigenvalue weighted by Gasteiger charge is 2.21. The van der Waals surface area contributed by atoms with Gasteiger partial charge in [0.05, 0.1) is 12.2 Å². The van der Waals surface area contributed by atoms with Crippen molar-refractivity contribution in [2.75, 3.05) is 37.7 Å². The molecular weight excluding hydrogens is 441 g/mol. The number of nitrogens with zero attached hydrogens (tertiary/aromatic N) is 3. The van der Waals surface area contributed by atoms with Crippen LogP contribution in [0.25, 0.3) is 16.5 Å². The predicted octanol–water partition coefficient (Wildman–Crippen LogP) is 4.49. The van der Waals surface area contributed by atoms with E-state index in [-0.39, 0.29) is 17.7 Å². The van der Waals surface area contributed by atoms with Crippen LogP contribution in [0.15, 0.2) is 60.8 Å². The van der Waals surface area contributed by atoms with E-state index < -0.39 is 0 Å². The molecule has 33 heavy (non-hydrogen) atoms. The molecule has 0 bridgehead atoms. The molecule has 0 unspecified atom stereocenters. The Morgan fingerprint density at radius 3 is 2.58 bits per heavy atom. The van der Waals surface area contributed by atoms with Crippen LogP contribution in [0.2, 0.25) is 0 Å². The summed E-state index contributed by atoms with van der Waals surface area (Å²) in [6.45, 7) is 4.55. The molecular formula is C25H24FN3O3S. The molecule has 1 aliphatic heterocycles. The van der Waals surface area contributed by atoms with Gasteiger partial charge in [-0.2, -0.15) is 0 Å². The van der Waals surface area contributed by atoms with Gasteiger partial charge >= 0.3 is 5.97 Å². The Labute approximate surface area is 195 Å². The minimum atomic E-state index is -0.384. The Bertz CT molecular complexity index is 1150. The van der Waals surface area contributed by atoms with E-state index in [4.69, 9.17) is 4.74 Å². The van der Waals surface area contributed by atoms with Crippen molar-refractivity contribution < 1.29 is 18.7 Å². The van der Waals surface area contributed by atoms with E-state index in [1.807, 2.05) is 12.1 Å². The fourth-order valence-corrected chi connectivity index (χ4v) is 4.51. The topological polar surface area (TPSA) is 62.7 Å². The van der Waals surface area contributed by atoms with Crippen LogP contribution in [0.5, 0.6) is 0 Å². The van der Waals surface area contributed by atoms with E-state index in [2.05, 4.69) is 9.88 Å². The summed E-state index contributed by atoms with van der Waals surface area (Å²) in [5.41, 5.74) is 0.986. The summed E-state index contributed by atoms with van der Waals surface area (Å²) >= 11 is 1.45. The first kappa shape index (κ1) is 22.7. The van der Waals surface area contributed by atoms with Gasteiger partial charge in [-0.25, -0.2) is 14.2 Å². The summed E-state index contributed by atoms with van der Waals surface area (Å²) in [4.78, 5) is 34.4. The highest BCUT2D eigenvalue weighted by Crippen LogP contribution is 2.30. The molecule has 0 atom stereocenters. The maximum absolute atomic E-state index is 14.0. The van der Waals surface area contributed by atoms with Crippen molar-refractivity contribution in [3.05, 3.63) is 77.1 Å². The third-order valence-electron chi connectivity index (χ3n) is 5.33. The Balaban J connectivity index is 1.31. The molecule has 1 amide bonds. The Hall–Kier alpha value is -3.52. The van der Waals surface area contributed by atoms with Crippen LogP contribution in [0.1, 0.15) is 22.2 Å². The van der Waals surface area contributed by atoms with Crippen molar-refractivity contribution in [1.29, 1.82) is 0 Å². The van der Waals surface area contributed by atoms with Crippen LogP contribution in [-0.2, 0) is 9.53 Å². The second-order valence-electron chi connectivity index (χ2n) is 7.45. The maximum Gasteiger partial charge on any atom is 0.339 e. The predicted molar refractivity (Wildman–Crippen MR) is 128 cm³/mol. The van der Waals surface area contributed by atoms with Gasteiger partial charge in [-0.05, 0) is 43.3 Å². The monoisotopic (exact) mass is 465 g/mol. The number of anilines is 1. The van der Waals surface area contributed by atoms with Crippen molar-refractivity contribution in [2.45, 2.75) is 6.92 Å². The lowest BCUT2D eigenvalue weighted by Crippen LogP contribution is -2.48. The quantitative estimate of drug-likeness (QED) is 0.397. The zero-order valence-corrected chi connectivity index (χ0v) is 19.1. The minimum absolute atomic E-state index is 0.0545. The molecule has 0 radical (unpaired) electrons. The minimum Gasteiger partial charge on any atom is -0.462 e. The number of aromatic nitrogens is 1. The first-order chi connectivity index (χ1) is 16.0. The average molecular weight is 466 g/mol. The molecule has 1 fully saturated rings. The van der Waals surface area contributed by atoms with Crippen LogP contribution in [0, 0.1) is 5.82 Å². The van der Waals surface area contributed by atoms with E-state index in [0.717, 1.165) is 15.6 Å². The number of ether oxygens (including phenoxy) is 1. The van der Waals surface area contributed by atoms with Gasteiger partial charge in [0.1, 0.15) is 11.6 Å². The van der Waals surface area contributed by atoms with Crippen molar-refractivity contribution >= 4 is 35.1 Å². The van der Waals surface area contributed by atoms with Crippen LogP contribution in [0.4, 0.5) is 10.2 Å². The fraction of sp³-hybridized carbons (Fsp3) is 0.240. The number of esters is 1. The maximum atomic E-state index is 14.0. The zero-order chi connectivity index (χ0) is 23.2. The van der Waals surface area contributed by atoms with Crippen molar-refractivity contribution in [3.8, 4) is 10.4 Å². The van der Waals surface area contributed by atoms with Gasteiger partial charge in [0, 0.05) is 53.8 Å². The molecule has 2 aromatic heterocycles. The molecule has 8 heteroatoms. The molecule has 0 aliphatic carbocycles. The summed E-state index contributed by atoms with van der Waals surface area (Å²) in [6, 6.07) is 13.9. The zero-order valence-electron chi connectivity index (χ0n) is 18.2. The van der Waals surface area contributed by atoms with Gasteiger partial charge in [0.2, 0.25) is 5.91 Å². The lowest BCUT2D eigenvalue weighted by Gasteiger charge is -2.35. The first-order valence-electron chi connectivity index (χ1n) is 10.7. The van der Waals surface area contributed by atoms with Crippen LogP contribution >= 0.6 is 11.3 Å². The molecule has 1 aromatic carbocycles. The summed E-state index contributed by atoms with van der Waals surface area (Å²) in [5.74, 6) is 0.0745. The van der Waals surface area contributed by atoms with Crippen molar-refractivity contribution in [2.24, 2.45) is 0 Å². The van der Waals surface area contributed by atoms with Gasteiger partial charge in [0.25, 0.3) is 0 Å². The molecule has 6 nitrogen and oxygen atoms in total. The van der Waals surface area contributed by atoms with E-state index >= 15 is 0 Å². The fourth-order valence-electron chi connectivity index (χ4n) is 3.57. The Morgan fingerprint density at radius 2 is 1.88 bits per heavy atom. The number of amides is 1. The molecule has 4 rings (SSSR count).